The second-order valence-corrected chi connectivity index (χ2v) is 5.78. The lowest BCUT2D eigenvalue weighted by molar-refractivity contribution is 0.309. The summed E-state index contributed by atoms with van der Waals surface area (Å²) in [7, 11) is 4.10. The molecule has 112 valence electrons. The number of hydrogen-bond donors (Lipinski definition) is 1. The van der Waals surface area contributed by atoms with Gasteiger partial charge in [0.05, 0.1) is 11.4 Å². The molecule has 0 aliphatic rings. The van der Waals surface area contributed by atoms with Crippen LogP contribution >= 0.6 is 12.2 Å². The summed E-state index contributed by atoms with van der Waals surface area (Å²) in [5.74, 6) is 0. The second-order valence-electron chi connectivity index (χ2n) is 5.34. The first kappa shape index (κ1) is 15.7. The van der Waals surface area contributed by atoms with Crippen molar-refractivity contribution < 1.29 is 0 Å². The number of nitrogens with zero attached hydrogens (tertiary/aromatic N) is 3. The Hall–Kier alpha value is -1.72. The molecule has 2 N–H and O–H groups in total. The Balaban J connectivity index is 2.04. The van der Waals surface area contributed by atoms with E-state index in [-0.39, 0.29) is 0 Å². The third-order valence-corrected chi connectivity index (χ3v) is 3.72. The van der Waals surface area contributed by atoms with Gasteiger partial charge in [-0.05, 0) is 31.2 Å². The second kappa shape index (κ2) is 6.83. The molecule has 1 aromatic carbocycles. The predicted octanol–water partition coefficient (Wildman–Crippen LogP) is 2.25. The largest absolute Gasteiger partial charge is 0.389 e. The highest BCUT2D eigenvalue weighted by Crippen LogP contribution is 2.11. The monoisotopic (exact) mass is 302 g/mol. The molecule has 0 radical (unpaired) electrons. The third kappa shape index (κ3) is 4.12. The molecule has 21 heavy (non-hydrogen) atoms. The van der Waals surface area contributed by atoms with E-state index in [1.807, 2.05) is 23.9 Å². The molecule has 0 amide bonds. The minimum absolute atomic E-state index is 0.443. The molecule has 2 rings (SSSR count). The Morgan fingerprint density at radius 3 is 2.71 bits per heavy atom. The summed E-state index contributed by atoms with van der Waals surface area (Å²) in [5.41, 5.74) is 10.2. The molecule has 1 heterocycles. The maximum atomic E-state index is 5.68. The molecular weight excluding hydrogens is 280 g/mol. The highest BCUT2D eigenvalue weighted by Gasteiger charge is 2.08. The van der Waals surface area contributed by atoms with E-state index in [4.69, 9.17) is 18.0 Å². The van der Waals surface area contributed by atoms with Crippen LogP contribution in [0.15, 0.2) is 30.3 Å². The van der Waals surface area contributed by atoms with Gasteiger partial charge in [-0.3, -0.25) is 9.58 Å². The van der Waals surface area contributed by atoms with Gasteiger partial charge in [0.25, 0.3) is 0 Å². The first-order chi connectivity index (χ1) is 9.99. The molecule has 0 saturated carbocycles. The maximum absolute atomic E-state index is 5.68. The fraction of sp³-hybridized carbons (Fsp3) is 0.375. The van der Waals surface area contributed by atoms with Gasteiger partial charge in [0.2, 0.25) is 0 Å². The van der Waals surface area contributed by atoms with Crippen LogP contribution in [0.2, 0.25) is 0 Å². The zero-order chi connectivity index (χ0) is 15.4. The van der Waals surface area contributed by atoms with E-state index in [2.05, 4.69) is 42.2 Å². The van der Waals surface area contributed by atoms with Crippen molar-refractivity contribution in [2.45, 2.75) is 26.4 Å². The maximum Gasteiger partial charge on any atom is 0.103 e. The van der Waals surface area contributed by atoms with E-state index in [9.17, 15) is 0 Å². The highest BCUT2D eigenvalue weighted by atomic mass is 32.1. The minimum atomic E-state index is 0.443. The molecule has 0 bridgehead atoms. The van der Waals surface area contributed by atoms with Crippen molar-refractivity contribution in [3.63, 3.8) is 0 Å². The zero-order valence-corrected chi connectivity index (χ0v) is 13.7. The molecule has 2 aromatic rings. The van der Waals surface area contributed by atoms with Crippen molar-refractivity contribution in [2.75, 3.05) is 7.05 Å². The molecular formula is C16H22N4S. The molecule has 0 unspecified atom stereocenters. The van der Waals surface area contributed by atoms with Crippen LogP contribution in [-0.2, 0) is 26.6 Å². The summed E-state index contributed by atoms with van der Waals surface area (Å²) < 4.78 is 1.96. The van der Waals surface area contributed by atoms with Crippen LogP contribution in [-0.4, -0.2) is 26.7 Å². The fourth-order valence-electron chi connectivity index (χ4n) is 2.36. The lowest BCUT2D eigenvalue weighted by atomic mass is 10.1. The van der Waals surface area contributed by atoms with Gasteiger partial charge in [-0.2, -0.15) is 5.10 Å². The van der Waals surface area contributed by atoms with E-state index in [1.54, 1.807) is 0 Å². The van der Waals surface area contributed by atoms with Gasteiger partial charge in [-0.15, -0.1) is 0 Å². The van der Waals surface area contributed by atoms with Gasteiger partial charge in [-0.1, -0.05) is 37.3 Å². The molecule has 0 fully saturated rings. The SMILES string of the molecule is CCc1cc(CN(C)Cc2cccc(C(N)=S)c2)n(C)n1. The number of benzene rings is 1. The zero-order valence-electron chi connectivity index (χ0n) is 12.8. The fourth-order valence-corrected chi connectivity index (χ4v) is 2.49. The van der Waals surface area contributed by atoms with E-state index in [1.165, 1.54) is 11.3 Å². The van der Waals surface area contributed by atoms with Gasteiger partial charge in [-0.25, -0.2) is 0 Å². The van der Waals surface area contributed by atoms with Crippen LogP contribution in [0.5, 0.6) is 0 Å². The summed E-state index contributed by atoms with van der Waals surface area (Å²) in [6, 6.07) is 10.3. The number of aromatic nitrogens is 2. The van der Waals surface area contributed by atoms with Crippen LogP contribution in [0.4, 0.5) is 0 Å². The average molecular weight is 302 g/mol. The molecule has 0 aliphatic heterocycles. The average Bonchev–Trinajstić information content (AvgIpc) is 2.79. The Morgan fingerprint density at radius 2 is 2.10 bits per heavy atom. The van der Waals surface area contributed by atoms with Crippen molar-refractivity contribution in [1.29, 1.82) is 0 Å². The van der Waals surface area contributed by atoms with Crippen LogP contribution in [0.3, 0.4) is 0 Å². The van der Waals surface area contributed by atoms with Gasteiger partial charge < -0.3 is 5.73 Å². The van der Waals surface area contributed by atoms with Crippen molar-refractivity contribution in [3.8, 4) is 0 Å². The Morgan fingerprint density at radius 1 is 1.33 bits per heavy atom. The van der Waals surface area contributed by atoms with Crippen LogP contribution < -0.4 is 5.73 Å². The van der Waals surface area contributed by atoms with E-state index in [0.29, 0.717) is 4.99 Å². The summed E-state index contributed by atoms with van der Waals surface area (Å²) in [6.45, 7) is 3.83. The topological polar surface area (TPSA) is 47.1 Å². The third-order valence-electron chi connectivity index (χ3n) is 3.49. The number of hydrogen-bond acceptors (Lipinski definition) is 3. The first-order valence-corrected chi connectivity index (χ1v) is 7.49. The van der Waals surface area contributed by atoms with Gasteiger partial charge in [0, 0.05) is 25.7 Å². The predicted molar refractivity (Wildman–Crippen MR) is 90.1 cm³/mol. The summed E-state index contributed by atoms with van der Waals surface area (Å²) in [6.07, 6.45) is 0.966. The van der Waals surface area contributed by atoms with E-state index < -0.39 is 0 Å². The van der Waals surface area contributed by atoms with Gasteiger partial charge >= 0.3 is 0 Å². The Bertz CT molecular complexity index is 633. The summed E-state index contributed by atoms with van der Waals surface area (Å²) in [4.78, 5) is 2.70. The Labute approximate surface area is 131 Å². The van der Waals surface area contributed by atoms with Crippen LogP contribution in [0.1, 0.15) is 29.4 Å². The summed E-state index contributed by atoms with van der Waals surface area (Å²) >= 11 is 5.03. The van der Waals surface area contributed by atoms with Crippen molar-refractivity contribution in [3.05, 3.63) is 52.8 Å². The van der Waals surface area contributed by atoms with Crippen LogP contribution in [0.25, 0.3) is 0 Å². The van der Waals surface area contributed by atoms with Gasteiger partial charge in [0.1, 0.15) is 4.99 Å². The van der Waals surface area contributed by atoms with Crippen molar-refractivity contribution in [1.82, 2.24) is 14.7 Å². The molecule has 4 nitrogen and oxygen atoms in total. The van der Waals surface area contributed by atoms with Crippen LogP contribution in [0, 0.1) is 0 Å². The quantitative estimate of drug-likeness (QED) is 0.832. The lowest BCUT2D eigenvalue weighted by Gasteiger charge is -2.17. The molecule has 0 aliphatic carbocycles. The molecule has 0 saturated heterocycles. The molecule has 0 spiro atoms. The van der Waals surface area contributed by atoms with E-state index in [0.717, 1.165) is 30.8 Å². The Kier molecular flexibility index (Phi) is 5.09. The molecule has 1 aromatic heterocycles. The standard InChI is InChI=1S/C16H22N4S/c1-4-14-9-15(20(3)18-14)11-19(2)10-12-6-5-7-13(8-12)16(17)21/h5-9H,4,10-11H2,1-3H3,(H2,17,21). The number of thiocarbonyl (C=S) groups is 1. The normalized spacial score (nSPS) is 11.0. The van der Waals surface area contributed by atoms with Crippen molar-refractivity contribution in [2.24, 2.45) is 12.8 Å². The molecule has 5 heteroatoms. The number of nitrogens with two attached hydrogens (primary N) is 1. The number of aryl methyl sites for hydroxylation is 2. The van der Waals surface area contributed by atoms with Gasteiger partial charge in [0.15, 0.2) is 0 Å². The minimum Gasteiger partial charge on any atom is -0.389 e. The first-order valence-electron chi connectivity index (χ1n) is 7.08. The number of rotatable bonds is 6. The smallest absolute Gasteiger partial charge is 0.103 e. The molecule has 0 atom stereocenters. The van der Waals surface area contributed by atoms with Crippen molar-refractivity contribution >= 4 is 17.2 Å². The highest BCUT2D eigenvalue weighted by molar-refractivity contribution is 7.80. The summed E-state index contributed by atoms with van der Waals surface area (Å²) in [5, 5.41) is 4.48. The van der Waals surface area contributed by atoms with E-state index >= 15 is 0 Å². The lowest BCUT2D eigenvalue weighted by Crippen LogP contribution is -2.19.